The molecule has 0 bridgehead atoms. The van der Waals surface area contributed by atoms with E-state index >= 15 is 0 Å². The molecule has 1 aliphatic heterocycles. The molecule has 1 amide bonds. The maximum atomic E-state index is 10.8. The Balaban J connectivity index is 1.97. The van der Waals surface area contributed by atoms with Crippen molar-refractivity contribution in [2.24, 2.45) is 5.92 Å². The highest BCUT2D eigenvalue weighted by Gasteiger charge is 2.39. The van der Waals surface area contributed by atoms with Crippen LogP contribution in [0.1, 0.15) is 19.3 Å². The van der Waals surface area contributed by atoms with E-state index in [9.17, 15) is 4.79 Å². The van der Waals surface area contributed by atoms with Crippen LogP contribution in [-0.4, -0.2) is 23.2 Å². The Hall–Kier alpha value is -0.570. The fourth-order valence-corrected chi connectivity index (χ4v) is 1.49. The molecule has 3 nitrogen and oxygen atoms in total. The van der Waals surface area contributed by atoms with Crippen molar-refractivity contribution < 1.29 is 9.90 Å². The van der Waals surface area contributed by atoms with Crippen LogP contribution in [0.4, 0.5) is 0 Å². The summed E-state index contributed by atoms with van der Waals surface area (Å²) in [4.78, 5) is 10.8. The van der Waals surface area contributed by atoms with Gasteiger partial charge in [0.05, 0.1) is 0 Å². The van der Waals surface area contributed by atoms with Gasteiger partial charge in [0.15, 0.2) is 0 Å². The average molecular weight is 141 g/mol. The summed E-state index contributed by atoms with van der Waals surface area (Å²) in [6, 6.07) is 0.280. The molecule has 2 N–H and O–H groups in total. The maximum Gasteiger partial charge on any atom is 0.249 e. The molecule has 2 rings (SSSR count). The lowest BCUT2D eigenvalue weighted by Gasteiger charge is -2.04. The van der Waals surface area contributed by atoms with Crippen molar-refractivity contribution in [3.8, 4) is 0 Å². The SMILES string of the molecule is O=C1NC(C2CC2)CC1O. The number of carbonyl (C=O) groups is 1. The highest BCUT2D eigenvalue weighted by molar-refractivity contribution is 5.83. The normalized spacial score (nSPS) is 39.9. The molecule has 0 spiro atoms. The molecule has 0 aromatic heterocycles. The summed E-state index contributed by atoms with van der Waals surface area (Å²) in [6.07, 6.45) is 2.34. The van der Waals surface area contributed by atoms with Gasteiger partial charge in [-0.15, -0.1) is 0 Å². The molecule has 0 aromatic carbocycles. The number of aliphatic hydroxyl groups excluding tert-OH is 1. The van der Waals surface area contributed by atoms with Gasteiger partial charge in [0.2, 0.25) is 5.91 Å². The van der Waals surface area contributed by atoms with Crippen molar-refractivity contribution in [1.82, 2.24) is 5.32 Å². The molecule has 1 saturated heterocycles. The van der Waals surface area contributed by atoms with Crippen molar-refractivity contribution >= 4 is 5.91 Å². The van der Waals surface area contributed by atoms with Gasteiger partial charge in [-0.1, -0.05) is 0 Å². The molecule has 2 fully saturated rings. The van der Waals surface area contributed by atoms with Crippen LogP contribution in [0.3, 0.4) is 0 Å². The second-order valence-electron chi connectivity index (χ2n) is 3.20. The van der Waals surface area contributed by atoms with E-state index in [1.165, 1.54) is 12.8 Å². The van der Waals surface area contributed by atoms with Crippen LogP contribution in [-0.2, 0) is 4.79 Å². The molecule has 1 heterocycles. The van der Waals surface area contributed by atoms with Gasteiger partial charge in [0, 0.05) is 12.5 Å². The zero-order valence-electron chi connectivity index (χ0n) is 5.71. The van der Waals surface area contributed by atoms with Gasteiger partial charge in [-0.25, -0.2) is 0 Å². The molecule has 0 aromatic rings. The number of carbonyl (C=O) groups excluding carboxylic acids is 1. The van der Waals surface area contributed by atoms with Crippen LogP contribution in [0.5, 0.6) is 0 Å². The summed E-state index contributed by atoms with van der Waals surface area (Å²) >= 11 is 0. The first-order valence-corrected chi connectivity index (χ1v) is 3.76. The van der Waals surface area contributed by atoms with E-state index in [2.05, 4.69) is 5.32 Å². The quantitative estimate of drug-likeness (QED) is 0.524. The summed E-state index contributed by atoms with van der Waals surface area (Å²) in [7, 11) is 0. The Morgan fingerprint density at radius 2 is 2.20 bits per heavy atom. The standard InChI is InChI=1S/C7H11NO2/c9-6-3-5(4-1-2-4)8-7(6)10/h4-6,9H,1-3H2,(H,8,10). The Morgan fingerprint density at radius 3 is 2.60 bits per heavy atom. The smallest absolute Gasteiger partial charge is 0.249 e. The summed E-state index contributed by atoms with van der Waals surface area (Å²) in [5, 5.41) is 11.8. The predicted octanol–water partition coefficient (Wildman–Crippen LogP) is -0.354. The van der Waals surface area contributed by atoms with Crippen molar-refractivity contribution in [2.45, 2.75) is 31.4 Å². The van der Waals surface area contributed by atoms with Crippen molar-refractivity contribution in [2.75, 3.05) is 0 Å². The Morgan fingerprint density at radius 1 is 1.50 bits per heavy atom. The minimum absolute atomic E-state index is 0.183. The van der Waals surface area contributed by atoms with E-state index in [1.807, 2.05) is 0 Å². The number of hydrogen-bond donors (Lipinski definition) is 2. The van der Waals surface area contributed by atoms with Crippen LogP contribution in [0.25, 0.3) is 0 Å². The average Bonchev–Trinajstić information content (AvgIpc) is 2.64. The fourth-order valence-electron chi connectivity index (χ4n) is 1.49. The van der Waals surface area contributed by atoms with Gasteiger partial charge in [0.25, 0.3) is 0 Å². The summed E-state index contributed by atoms with van der Waals surface area (Å²) < 4.78 is 0. The second-order valence-corrected chi connectivity index (χ2v) is 3.20. The number of amides is 1. The maximum absolute atomic E-state index is 10.8. The Kier molecular flexibility index (Phi) is 1.20. The highest BCUT2D eigenvalue weighted by atomic mass is 16.3. The van der Waals surface area contributed by atoms with Gasteiger partial charge >= 0.3 is 0 Å². The zero-order valence-corrected chi connectivity index (χ0v) is 5.71. The van der Waals surface area contributed by atoms with Crippen molar-refractivity contribution in [3.05, 3.63) is 0 Å². The zero-order chi connectivity index (χ0) is 7.14. The topological polar surface area (TPSA) is 49.3 Å². The third-order valence-corrected chi connectivity index (χ3v) is 2.30. The minimum Gasteiger partial charge on any atom is -0.383 e. The molecule has 1 aliphatic carbocycles. The third kappa shape index (κ3) is 0.904. The van der Waals surface area contributed by atoms with E-state index in [-0.39, 0.29) is 11.9 Å². The molecule has 1 saturated carbocycles. The number of rotatable bonds is 1. The fraction of sp³-hybridized carbons (Fsp3) is 0.857. The Bertz CT molecular complexity index is 165. The highest BCUT2D eigenvalue weighted by Crippen LogP contribution is 2.36. The summed E-state index contributed by atoms with van der Waals surface area (Å²) in [5.74, 6) is 0.484. The predicted molar refractivity (Wildman–Crippen MR) is 35.3 cm³/mol. The first-order valence-electron chi connectivity index (χ1n) is 3.76. The molecule has 0 radical (unpaired) electrons. The molecule has 2 unspecified atom stereocenters. The second kappa shape index (κ2) is 1.95. The van der Waals surface area contributed by atoms with Gasteiger partial charge in [-0.05, 0) is 18.8 Å². The van der Waals surface area contributed by atoms with Gasteiger partial charge in [-0.3, -0.25) is 4.79 Å². The van der Waals surface area contributed by atoms with Gasteiger partial charge in [0.1, 0.15) is 6.10 Å². The van der Waals surface area contributed by atoms with Crippen LogP contribution in [0, 0.1) is 5.92 Å². The molecule has 2 atom stereocenters. The lowest BCUT2D eigenvalue weighted by Crippen LogP contribution is -2.28. The lowest BCUT2D eigenvalue weighted by atomic mass is 10.1. The van der Waals surface area contributed by atoms with E-state index in [4.69, 9.17) is 5.11 Å². The van der Waals surface area contributed by atoms with Crippen LogP contribution in [0.2, 0.25) is 0 Å². The van der Waals surface area contributed by atoms with E-state index in [0.717, 1.165) is 0 Å². The molecular formula is C7H11NO2. The third-order valence-electron chi connectivity index (χ3n) is 2.30. The minimum atomic E-state index is -0.731. The van der Waals surface area contributed by atoms with Crippen LogP contribution >= 0.6 is 0 Å². The number of hydrogen-bond acceptors (Lipinski definition) is 2. The van der Waals surface area contributed by atoms with Gasteiger partial charge in [-0.2, -0.15) is 0 Å². The van der Waals surface area contributed by atoms with E-state index < -0.39 is 6.10 Å². The molecular weight excluding hydrogens is 130 g/mol. The van der Waals surface area contributed by atoms with Crippen molar-refractivity contribution in [3.63, 3.8) is 0 Å². The van der Waals surface area contributed by atoms with Crippen molar-refractivity contribution in [1.29, 1.82) is 0 Å². The first-order chi connectivity index (χ1) is 4.77. The summed E-state index contributed by atoms with van der Waals surface area (Å²) in [5.41, 5.74) is 0. The van der Waals surface area contributed by atoms with Crippen LogP contribution in [0.15, 0.2) is 0 Å². The van der Waals surface area contributed by atoms with E-state index in [0.29, 0.717) is 12.3 Å². The number of nitrogens with one attached hydrogen (secondary N) is 1. The van der Waals surface area contributed by atoms with Gasteiger partial charge < -0.3 is 10.4 Å². The van der Waals surface area contributed by atoms with E-state index in [1.54, 1.807) is 0 Å². The monoisotopic (exact) mass is 141 g/mol. The first kappa shape index (κ1) is 6.16. The molecule has 2 aliphatic rings. The summed E-state index contributed by atoms with van der Waals surface area (Å²) in [6.45, 7) is 0. The molecule has 56 valence electrons. The largest absolute Gasteiger partial charge is 0.383 e. The lowest BCUT2D eigenvalue weighted by molar-refractivity contribution is -0.126. The molecule has 10 heavy (non-hydrogen) atoms. The molecule has 3 heteroatoms. The van der Waals surface area contributed by atoms with Crippen LogP contribution < -0.4 is 5.32 Å². The Labute approximate surface area is 59.4 Å². The number of aliphatic hydroxyl groups is 1.